The van der Waals surface area contributed by atoms with Crippen molar-refractivity contribution in [3.8, 4) is 0 Å². The molecule has 0 radical (unpaired) electrons. The van der Waals surface area contributed by atoms with E-state index < -0.39 is 5.09 Å². The summed E-state index contributed by atoms with van der Waals surface area (Å²) in [4.78, 5) is 11.4. The topological polar surface area (TPSA) is 90.8 Å². The lowest BCUT2D eigenvalue weighted by molar-refractivity contribution is -0.709. The summed E-state index contributed by atoms with van der Waals surface area (Å²) in [6, 6.07) is 14.5. The van der Waals surface area contributed by atoms with Crippen molar-refractivity contribution in [2.45, 2.75) is 26.4 Å². The fraction of sp³-hybridized carbons (Fsp3) is 0.190. The number of halogens is 2. The Hall–Kier alpha value is -3.03. The van der Waals surface area contributed by atoms with Gasteiger partial charge < -0.3 is 19.9 Å². The van der Waals surface area contributed by atoms with Crippen molar-refractivity contribution < 1.29 is 9.65 Å². The smallest absolute Gasteiger partial charge is 0.242 e. The molecule has 0 saturated heterocycles. The van der Waals surface area contributed by atoms with Crippen LogP contribution in [0, 0.1) is 22.2 Å². The van der Waals surface area contributed by atoms with Crippen LogP contribution in [-0.4, -0.2) is 14.6 Å². The van der Waals surface area contributed by atoms with Crippen LogP contribution in [0.25, 0.3) is 10.9 Å². The first-order valence-corrected chi connectivity index (χ1v) is 9.92. The van der Waals surface area contributed by atoms with Gasteiger partial charge in [0.25, 0.3) is 0 Å². The number of benzene rings is 2. The quantitative estimate of drug-likeness (QED) is 0.262. The maximum atomic E-state index is 8.25. The molecule has 7 nitrogen and oxygen atoms in total. The van der Waals surface area contributed by atoms with Gasteiger partial charge in [0.15, 0.2) is 0 Å². The molecule has 4 rings (SSSR count). The van der Waals surface area contributed by atoms with Crippen molar-refractivity contribution in [3.05, 3.63) is 103 Å². The average molecular weight is 447 g/mol. The molecular formula is C21H20Cl2N4O3. The fourth-order valence-electron chi connectivity index (χ4n) is 3.70. The van der Waals surface area contributed by atoms with E-state index in [0.29, 0.717) is 16.6 Å². The van der Waals surface area contributed by atoms with Gasteiger partial charge in [-0.1, -0.05) is 47.5 Å². The number of fused-ring (bicyclic) bond motifs is 1. The Balaban J connectivity index is 0.000000589. The molecule has 2 aromatic heterocycles. The lowest BCUT2D eigenvalue weighted by atomic mass is 10.0. The third-order valence-electron chi connectivity index (χ3n) is 5.05. The van der Waals surface area contributed by atoms with Gasteiger partial charge in [0.05, 0.1) is 5.09 Å². The van der Waals surface area contributed by atoms with E-state index in [1.54, 1.807) is 6.07 Å². The zero-order valence-electron chi connectivity index (χ0n) is 16.4. The molecule has 0 aliphatic carbocycles. The molecule has 1 atom stereocenters. The molecule has 0 fully saturated rings. The van der Waals surface area contributed by atoms with Crippen LogP contribution >= 0.6 is 23.2 Å². The Morgan fingerprint density at radius 2 is 1.90 bits per heavy atom. The predicted molar refractivity (Wildman–Crippen MR) is 117 cm³/mol. The molecule has 0 amide bonds. The SMILES string of the molecule is Cc1c(C(C)[n+]2cc[nH]c2)c2ccccc2n1Cc1ccc(Cl)cc1Cl.O=[N+]([O-])[O-]. The number of hydrogen-bond donors (Lipinski definition) is 1. The summed E-state index contributed by atoms with van der Waals surface area (Å²) in [5.74, 6) is 0. The van der Waals surface area contributed by atoms with Gasteiger partial charge in [-0.2, -0.15) is 0 Å². The molecule has 9 heteroatoms. The number of rotatable bonds is 4. The molecule has 0 aliphatic heterocycles. The van der Waals surface area contributed by atoms with Gasteiger partial charge in [0, 0.05) is 38.8 Å². The second-order valence-electron chi connectivity index (χ2n) is 6.80. The van der Waals surface area contributed by atoms with Crippen molar-refractivity contribution in [2.75, 3.05) is 0 Å². The van der Waals surface area contributed by atoms with Crippen molar-refractivity contribution in [3.63, 3.8) is 0 Å². The molecule has 1 N–H and O–H groups in total. The van der Waals surface area contributed by atoms with Crippen molar-refractivity contribution in [1.82, 2.24) is 9.55 Å². The molecule has 2 aromatic carbocycles. The summed E-state index contributed by atoms with van der Waals surface area (Å²) in [6.45, 7) is 5.12. The summed E-state index contributed by atoms with van der Waals surface area (Å²) in [5.41, 5.74) is 4.86. The highest BCUT2D eigenvalue weighted by molar-refractivity contribution is 6.35. The van der Waals surface area contributed by atoms with E-state index in [2.05, 4.69) is 58.4 Å². The highest BCUT2D eigenvalue weighted by atomic mass is 35.5. The lowest BCUT2D eigenvalue weighted by Gasteiger charge is -2.12. The maximum Gasteiger partial charge on any atom is 0.242 e. The molecular weight excluding hydrogens is 427 g/mol. The number of para-hydroxylation sites is 1. The van der Waals surface area contributed by atoms with Crippen LogP contribution in [0.3, 0.4) is 0 Å². The minimum atomic E-state index is -1.75. The van der Waals surface area contributed by atoms with Crippen molar-refractivity contribution in [1.29, 1.82) is 0 Å². The van der Waals surface area contributed by atoms with Crippen LogP contribution in [0.5, 0.6) is 0 Å². The van der Waals surface area contributed by atoms with E-state index in [1.165, 1.54) is 22.2 Å². The Kier molecular flexibility index (Phi) is 6.64. The second-order valence-corrected chi connectivity index (χ2v) is 7.64. The van der Waals surface area contributed by atoms with Crippen LogP contribution in [-0.2, 0) is 6.54 Å². The third-order valence-corrected chi connectivity index (χ3v) is 5.64. The monoisotopic (exact) mass is 446 g/mol. The van der Waals surface area contributed by atoms with Gasteiger partial charge in [-0.3, -0.25) is 4.98 Å². The van der Waals surface area contributed by atoms with E-state index in [1.807, 2.05) is 24.7 Å². The van der Waals surface area contributed by atoms with E-state index in [0.717, 1.165) is 5.56 Å². The number of nitrogens with one attached hydrogen (secondary N) is 1. The van der Waals surface area contributed by atoms with E-state index >= 15 is 0 Å². The van der Waals surface area contributed by atoms with Crippen molar-refractivity contribution in [2.24, 2.45) is 0 Å². The summed E-state index contributed by atoms with van der Waals surface area (Å²) in [5, 5.41) is 17.4. The van der Waals surface area contributed by atoms with Gasteiger partial charge in [-0.15, -0.1) is 0 Å². The van der Waals surface area contributed by atoms with Crippen LogP contribution in [0.15, 0.2) is 61.2 Å². The predicted octanol–water partition coefficient (Wildman–Crippen LogP) is 5.29. The van der Waals surface area contributed by atoms with Crippen LogP contribution < -0.4 is 4.57 Å². The summed E-state index contributed by atoms with van der Waals surface area (Å²) in [6.07, 6.45) is 6.00. The molecule has 30 heavy (non-hydrogen) atoms. The molecule has 4 aromatic rings. The first-order chi connectivity index (χ1) is 14.3. The van der Waals surface area contributed by atoms with E-state index in [4.69, 9.17) is 38.5 Å². The van der Waals surface area contributed by atoms with Gasteiger partial charge >= 0.3 is 0 Å². The zero-order chi connectivity index (χ0) is 21.8. The zero-order valence-corrected chi connectivity index (χ0v) is 17.9. The van der Waals surface area contributed by atoms with Crippen LogP contribution in [0.1, 0.15) is 29.8 Å². The van der Waals surface area contributed by atoms with Crippen molar-refractivity contribution >= 4 is 34.1 Å². The molecule has 156 valence electrons. The Bertz CT molecular complexity index is 1170. The number of aromatic nitrogens is 3. The Morgan fingerprint density at radius 3 is 2.53 bits per heavy atom. The minimum Gasteiger partial charge on any atom is -0.356 e. The fourth-order valence-corrected chi connectivity index (χ4v) is 4.17. The van der Waals surface area contributed by atoms with E-state index in [-0.39, 0.29) is 6.04 Å². The number of aromatic amines is 1. The minimum absolute atomic E-state index is 0.230. The highest BCUT2D eigenvalue weighted by Gasteiger charge is 2.22. The van der Waals surface area contributed by atoms with Crippen LogP contribution in [0.2, 0.25) is 10.0 Å². The van der Waals surface area contributed by atoms with Gasteiger partial charge in [0.2, 0.25) is 6.33 Å². The maximum absolute atomic E-state index is 8.25. The third kappa shape index (κ3) is 4.58. The molecule has 0 saturated carbocycles. The van der Waals surface area contributed by atoms with Gasteiger partial charge in [-0.05, 0) is 37.6 Å². The molecule has 0 spiro atoms. The highest BCUT2D eigenvalue weighted by Crippen LogP contribution is 2.32. The van der Waals surface area contributed by atoms with E-state index in [9.17, 15) is 0 Å². The lowest BCUT2D eigenvalue weighted by Crippen LogP contribution is -2.36. The number of H-pyrrole nitrogens is 1. The largest absolute Gasteiger partial charge is 0.356 e. The number of hydrogen-bond acceptors (Lipinski definition) is 3. The Morgan fingerprint density at radius 1 is 1.20 bits per heavy atom. The summed E-state index contributed by atoms with van der Waals surface area (Å²) < 4.78 is 4.53. The summed E-state index contributed by atoms with van der Waals surface area (Å²) >= 11 is 12.5. The number of imidazole rings is 1. The molecule has 0 bridgehead atoms. The van der Waals surface area contributed by atoms with Gasteiger partial charge in [0.1, 0.15) is 18.4 Å². The Labute approximate surface area is 183 Å². The average Bonchev–Trinajstić information content (AvgIpc) is 3.30. The first kappa shape index (κ1) is 21.7. The molecule has 1 unspecified atom stereocenters. The normalized spacial score (nSPS) is 11.7. The second kappa shape index (κ2) is 9.19. The molecule has 0 aliphatic rings. The summed E-state index contributed by atoms with van der Waals surface area (Å²) in [7, 11) is 0. The van der Waals surface area contributed by atoms with Crippen LogP contribution in [0.4, 0.5) is 0 Å². The number of nitrogens with zero attached hydrogens (tertiary/aromatic N) is 3. The first-order valence-electron chi connectivity index (χ1n) is 9.16. The van der Waals surface area contributed by atoms with Gasteiger partial charge in [-0.25, -0.2) is 4.57 Å². The molecule has 2 heterocycles. The standard InChI is InChI=1S/C21H19Cl2N3.NO3/c1-14(25-10-9-24-13-25)21-15(2)26(20-6-4-3-5-18(20)21)12-16-7-8-17(22)11-19(16)23;2-1(3)4/h3-11,13-14H,12H2,1-2H3;/q;-1/p+1.